The number of carbonyl (C=O) groups excluding carboxylic acids is 1. The fourth-order valence-electron chi connectivity index (χ4n) is 2.66. The molecule has 0 aliphatic heterocycles. The maximum Gasteiger partial charge on any atom is 0.307 e. The maximum absolute atomic E-state index is 11.8. The highest BCUT2D eigenvalue weighted by Gasteiger charge is 2.11. The number of carbonyl (C=O) groups is 1. The SMILES string of the molecule is Cc1ccc(-n2c(C)cc(/C=N\NC(=O)c3ccco3)c2C)cc1Br. The van der Waals surface area contributed by atoms with Crippen LogP contribution in [0.4, 0.5) is 0 Å². The summed E-state index contributed by atoms with van der Waals surface area (Å²) in [5.41, 5.74) is 7.80. The predicted octanol–water partition coefficient (Wildman–Crippen LogP) is 4.52. The van der Waals surface area contributed by atoms with Crippen LogP contribution in [0.15, 0.2) is 56.7 Å². The number of benzene rings is 1. The van der Waals surface area contributed by atoms with E-state index in [1.807, 2.05) is 19.9 Å². The fourth-order valence-corrected chi connectivity index (χ4v) is 3.03. The van der Waals surface area contributed by atoms with Gasteiger partial charge in [-0.1, -0.05) is 22.0 Å². The Morgan fingerprint density at radius 2 is 2.04 bits per heavy atom. The molecule has 25 heavy (non-hydrogen) atoms. The van der Waals surface area contributed by atoms with Gasteiger partial charge in [0.1, 0.15) is 0 Å². The summed E-state index contributed by atoms with van der Waals surface area (Å²) >= 11 is 3.58. The van der Waals surface area contributed by atoms with E-state index in [2.05, 4.69) is 56.1 Å². The molecule has 6 heteroatoms. The molecule has 0 unspecified atom stereocenters. The minimum atomic E-state index is -0.377. The van der Waals surface area contributed by atoms with E-state index in [1.165, 1.54) is 11.8 Å². The van der Waals surface area contributed by atoms with Gasteiger partial charge in [0, 0.05) is 27.1 Å². The summed E-state index contributed by atoms with van der Waals surface area (Å²) in [6.45, 7) is 6.12. The summed E-state index contributed by atoms with van der Waals surface area (Å²) in [4.78, 5) is 11.8. The van der Waals surface area contributed by atoms with Crippen LogP contribution in [0.25, 0.3) is 5.69 Å². The average Bonchev–Trinajstić information content (AvgIpc) is 3.20. The van der Waals surface area contributed by atoms with Crippen LogP contribution in [0.3, 0.4) is 0 Å². The standard InChI is InChI=1S/C19H18BrN3O2/c1-12-6-7-16(10-17(12)20)23-13(2)9-15(14(23)3)11-21-22-19(24)18-5-4-8-25-18/h4-11H,1-3H3,(H,22,24)/b21-11-. The lowest BCUT2D eigenvalue weighted by Gasteiger charge is -2.11. The van der Waals surface area contributed by atoms with Crippen LogP contribution in [-0.4, -0.2) is 16.7 Å². The predicted molar refractivity (Wildman–Crippen MR) is 101 cm³/mol. The van der Waals surface area contributed by atoms with Gasteiger partial charge in [0.05, 0.1) is 12.5 Å². The molecule has 2 heterocycles. The Kier molecular flexibility index (Phi) is 4.90. The monoisotopic (exact) mass is 399 g/mol. The molecule has 5 nitrogen and oxygen atoms in total. The zero-order valence-corrected chi connectivity index (χ0v) is 15.8. The quantitative estimate of drug-likeness (QED) is 0.517. The Hall–Kier alpha value is -2.60. The molecule has 0 fully saturated rings. The molecule has 3 aromatic rings. The molecular weight excluding hydrogens is 382 g/mol. The molecule has 1 amide bonds. The van der Waals surface area contributed by atoms with Gasteiger partial charge in [0.25, 0.3) is 0 Å². The Morgan fingerprint density at radius 3 is 2.72 bits per heavy atom. The first-order valence-corrected chi connectivity index (χ1v) is 8.59. The van der Waals surface area contributed by atoms with Gasteiger partial charge in [-0.15, -0.1) is 0 Å². The van der Waals surface area contributed by atoms with Crippen molar-refractivity contribution < 1.29 is 9.21 Å². The van der Waals surface area contributed by atoms with Crippen LogP contribution in [0.5, 0.6) is 0 Å². The van der Waals surface area contributed by atoms with E-state index < -0.39 is 0 Å². The third-order valence-corrected chi connectivity index (χ3v) is 4.85. The smallest absolute Gasteiger partial charge is 0.307 e. The van der Waals surface area contributed by atoms with Gasteiger partial charge in [-0.2, -0.15) is 5.10 Å². The first-order chi connectivity index (χ1) is 12.0. The van der Waals surface area contributed by atoms with E-state index >= 15 is 0 Å². The second-order valence-electron chi connectivity index (χ2n) is 5.77. The van der Waals surface area contributed by atoms with Gasteiger partial charge in [0.15, 0.2) is 5.76 Å². The van der Waals surface area contributed by atoms with Crippen molar-refractivity contribution in [2.45, 2.75) is 20.8 Å². The Bertz CT molecular complexity index is 940. The molecule has 3 rings (SSSR count). The van der Waals surface area contributed by atoms with Crippen LogP contribution in [0, 0.1) is 20.8 Å². The summed E-state index contributed by atoms with van der Waals surface area (Å²) in [5.74, 6) is -0.148. The summed E-state index contributed by atoms with van der Waals surface area (Å²) in [6.07, 6.45) is 3.09. The normalized spacial score (nSPS) is 11.2. The van der Waals surface area contributed by atoms with Gasteiger partial charge < -0.3 is 8.98 Å². The Balaban J connectivity index is 1.83. The number of nitrogens with zero attached hydrogens (tertiary/aromatic N) is 2. The third-order valence-electron chi connectivity index (χ3n) is 4.00. The number of amides is 1. The minimum Gasteiger partial charge on any atom is -0.459 e. The van der Waals surface area contributed by atoms with E-state index in [0.29, 0.717) is 0 Å². The Morgan fingerprint density at radius 1 is 1.24 bits per heavy atom. The first kappa shape index (κ1) is 17.2. The van der Waals surface area contributed by atoms with Gasteiger partial charge in [-0.05, 0) is 56.7 Å². The number of nitrogens with one attached hydrogen (secondary N) is 1. The largest absolute Gasteiger partial charge is 0.459 e. The van der Waals surface area contributed by atoms with Crippen LogP contribution in [0.2, 0.25) is 0 Å². The number of furan rings is 1. The molecule has 2 aromatic heterocycles. The number of hydrazone groups is 1. The van der Waals surface area contributed by atoms with Gasteiger partial charge in [-0.3, -0.25) is 4.79 Å². The van der Waals surface area contributed by atoms with Crippen molar-refractivity contribution >= 4 is 28.1 Å². The molecule has 0 aliphatic rings. The zero-order valence-electron chi connectivity index (χ0n) is 14.2. The zero-order chi connectivity index (χ0) is 18.0. The van der Waals surface area contributed by atoms with Crippen molar-refractivity contribution in [3.8, 4) is 5.69 Å². The number of aromatic nitrogens is 1. The summed E-state index contributed by atoms with van der Waals surface area (Å²) in [6, 6.07) is 11.5. The van der Waals surface area contributed by atoms with Crippen LogP contribution in [0.1, 0.15) is 33.1 Å². The lowest BCUT2D eigenvalue weighted by Crippen LogP contribution is -2.16. The third kappa shape index (κ3) is 3.58. The highest BCUT2D eigenvalue weighted by Crippen LogP contribution is 2.24. The molecule has 1 aromatic carbocycles. The fraction of sp³-hybridized carbons (Fsp3) is 0.158. The van der Waals surface area contributed by atoms with E-state index in [-0.39, 0.29) is 11.7 Å². The number of rotatable bonds is 4. The summed E-state index contributed by atoms with van der Waals surface area (Å²) in [7, 11) is 0. The molecule has 0 aliphatic carbocycles. The lowest BCUT2D eigenvalue weighted by molar-refractivity contribution is 0.0927. The second-order valence-corrected chi connectivity index (χ2v) is 6.63. The van der Waals surface area contributed by atoms with Gasteiger partial charge in [-0.25, -0.2) is 5.43 Å². The molecule has 1 N–H and O–H groups in total. The second kappa shape index (κ2) is 7.11. The summed E-state index contributed by atoms with van der Waals surface area (Å²) in [5, 5.41) is 4.03. The van der Waals surface area contributed by atoms with Crippen LogP contribution in [-0.2, 0) is 0 Å². The highest BCUT2D eigenvalue weighted by atomic mass is 79.9. The van der Waals surface area contributed by atoms with Crippen LogP contribution < -0.4 is 5.43 Å². The highest BCUT2D eigenvalue weighted by molar-refractivity contribution is 9.10. The van der Waals surface area contributed by atoms with E-state index in [1.54, 1.807) is 18.3 Å². The molecule has 0 bridgehead atoms. The molecular formula is C19H18BrN3O2. The summed E-state index contributed by atoms with van der Waals surface area (Å²) < 4.78 is 8.25. The lowest BCUT2D eigenvalue weighted by atomic mass is 10.2. The van der Waals surface area contributed by atoms with Crippen molar-refractivity contribution in [1.29, 1.82) is 0 Å². The van der Waals surface area contributed by atoms with E-state index in [0.717, 1.165) is 27.1 Å². The Labute approximate surface area is 154 Å². The van der Waals surface area contributed by atoms with Crippen molar-refractivity contribution in [3.05, 3.63) is 75.4 Å². The minimum absolute atomic E-state index is 0.229. The van der Waals surface area contributed by atoms with E-state index in [4.69, 9.17) is 4.42 Å². The molecule has 0 atom stereocenters. The van der Waals surface area contributed by atoms with Crippen molar-refractivity contribution in [2.24, 2.45) is 5.10 Å². The average molecular weight is 400 g/mol. The number of hydrogen-bond acceptors (Lipinski definition) is 3. The number of halogens is 1. The topological polar surface area (TPSA) is 59.5 Å². The molecule has 128 valence electrons. The van der Waals surface area contributed by atoms with Crippen molar-refractivity contribution in [3.63, 3.8) is 0 Å². The molecule has 0 saturated heterocycles. The van der Waals surface area contributed by atoms with Gasteiger partial charge in [0.2, 0.25) is 0 Å². The molecule has 0 radical (unpaired) electrons. The van der Waals surface area contributed by atoms with Crippen molar-refractivity contribution in [2.75, 3.05) is 0 Å². The van der Waals surface area contributed by atoms with Gasteiger partial charge >= 0.3 is 5.91 Å². The number of aryl methyl sites for hydroxylation is 2. The molecule has 0 saturated carbocycles. The first-order valence-electron chi connectivity index (χ1n) is 7.79. The van der Waals surface area contributed by atoms with E-state index in [9.17, 15) is 4.79 Å². The maximum atomic E-state index is 11.8. The van der Waals surface area contributed by atoms with Crippen molar-refractivity contribution in [1.82, 2.24) is 9.99 Å². The number of hydrogen-bond donors (Lipinski definition) is 1. The van der Waals surface area contributed by atoms with Crippen LogP contribution >= 0.6 is 15.9 Å². The molecule has 0 spiro atoms.